The molecule has 0 saturated heterocycles. The molecule has 1 aromatic carbocycles. The van der Waals surface area contributed by atoms with E-state index < -0.39 is 0 Å². The van der Waals surface area contributed by atoms with E-state index in [1.807, 2.05) is 6.07 Å². The molecule has 0 N–H and O–H groups in total. The third-order valence-corrected chi connectivity index (χ3v) is 3.50. The van der Waals surface area contributed by atoms with E-state index in [4.69, 9.17) is 0 Å². The Balaban J connectivity index is 2.26. The van der Waals surface area contributed by atoms with E-state index in [0.717, 1.165) is 29.5 Å². The van der Waals surface area contributed by atoms with E-state index in [9.17, 15) is 5.26 Å². The first-order valence-electron chi connectivity index (χ1n) is 6.20. The van der Waals surface area contributed by atoms with Crippen molar-refractivity contribution in [3.63, 3.8) is 0 Å². The van der Waals surface area contributed by atoms with Crippen molar-refractivity contribution in [2.45, 2.75) is 25.7 Å². The number of nitrogens with zero attached hydrogens (tertiary/aromatic N) is 3. The van der Waals surface area contributed by atoms with Gasteiger partial charge in [-0.15, -0.1) is 0 Å². The maximum Gasteiger partial charge on any atom is 0.115 e. The Bertz CT molecular complexity index is 612. The molecule has 0 fully saturated rings. The zero-order valence-corrected chi connectivity index (χ0v) is 10.1. The molecular formula is C15H13N3. The van der Waals surface area contributed by atoms with Crippen LogP contribution in [-0.2, 0) is 12.8 Å². The lowest BCUT2D eigenvalue weighted by Gasteiger charge is -2.20. The predicted octanol–water partition coefficient (Wildman–Crippen LogP) is 2.89. The van der Waals surface area contributed by atoms with Crippen LogP contribution in [0.3, 0.4) is 0 Å². The summed E-state index contributed by atoms with van der Waals surface area (Å²) in [6, 6.07) is 6.31. The van der Waals surface area contributed by atoms with Crippen LogP contribution in [0.25, 0.3) is 11.1 Å². The first-order valence-corrected chi connectivity index (χ1v) is 6.20. The molecule has 3 heteroatoms. The van der Waals surface area contributed by atoms with E-state index >= 15 is 0 Å². The molecule has 0 unspecified atom stereocenters. The standard InChI is InChI=1S/C15H13N3/c16-7-12-6-5-11-3-1-2-4-14(11)15(12)13-8-17-10-18-9-13/h5-6,8-10H,1-4H2. The molecule has 0 bridgehead atoms. The smallest absolute Gasteiger partial charge is 0.115 e. The summed E-state index contributed by atoms with van der Waals surface area (Å²) >= 11 is 0. The Hall–Kier alpha value is -2.21. The molecule has 1 aromatic heterocycles. The zero-order chi connectivity index (χ0) is 12.4. The van der Waals surface area contributed by atoms with Crippen LogP contribution in [0, 0.1) is 11.3 Å². The normalized spacial score (nSPS) is 13.7. The zero-order valence-electron chi connectivity index (χ0n) is 10.1. The second-order valence-electron chi connectivity index (χ2n) is 4.57. The maximum atomic E-state index is 9.29. The van der Waals surface area contributed by atoms with E-state index in [1.54, 1.807) is 12.4 Å². The molecule has 0 radical (unpaired) electrons. The van der Waals surface area contributed by atoms with Crippen LogP contribution < -0.4 is 0 Å². The van der Waals surface area contributed by atoms with Gasteiger partial charge in [-0.2, -0.15) is 5.26 Å². The van der Waals surface area contributed by atoms with Crippen LogP contribution in [0.1, 0.15) is 29.5 Å². The summed E-state index contributed by atoms with van der Waals surface area (Å²) in [4.78, 5) is 8.13. The van der Waals surface area contributed by atoms with Gasteiger partial charge in [0.15, 0.2) is 0 Å². The highest BCUT2D eigenvalue weighted by molar-refractivity contribution is 5.74. The Morgan fingerprint density at radius 3 is 2.61 bits per heavy atom. The van der Waals surface area contributed by atoms with Crippen LogP contribution in [0.2, 0.25) is 0 Å². The first-order chi connectivity index (χ1) is 8.90. The SMILES string of the molecule is N#Cc1ccc2c(c1-c1cncnc1)CCCC2. The summed E-state index contributed by atoms with van der Waals surface area (Å²) in [5, 5.41) is 9.29. The first kappa shape index (κ1) is 10.9. The average molecular weight is 235 g/mol. The Morgan fingerprint density at radius 2 is 1.83 bits per heavy atom. The fourth-order valence-electron chi connectivity index (χ4n) is 2.68. The van der Waals surface area contributed by atoms with Crippen molar-refractivity contribution < 1.29 is 0 Å². The molecule has 0 aliphatic heterocycles. The number of aryl methyl sites for hydroxylation is 1. The van der Waals surface area contributed by atoms with Crippen LogP contribution in [-0.4, -0.2) is 9.97 Å². The van der Waals surface area contributed by atoms with E-state index in [2.05, 4.69) is 22.1 Å². The molecule has 1 heterocycles. The van der Waals surface area contributed by atoms with Crippen molar-refractivity contribution in [2.75, 3.05) is 0 Å². The van der Waals surface area contributed by atoms with Gasteiger partial charge in [0.25, 0.3) is 0 Å². The number of rotatable bonds is 1. The molecule has 0 spiro atoms. The third-order valence-electron chi connectivity index (χ3n) is 3.50. The van der Waals surface area contributed by atoms with E-state index in [1.165, 1.54) is 30.3 Å². The van der Waals surface area contributed by atoms with Crippen LogP contribution in [0.4, 0.5) is 0 Å². The number of fused-ring (bicyclic) bond motifs is 1. The van der Waals surface area contributed by atoms with E-state index in [0.29, 0.717) is 0 Å². The molecule has 1 aliphatic carbocycles. The Kier molecular flexibility index (Phi) is 2.77. The lowest BCUT2D eigenvalue weighted by molar-refractivity contribution is 0.686. The summed E-state index contributed by atoms with van der Waals surface area (Å²) in [5.74, 6) is 0. The minimum absolute atomic E-state index is 0.727. The molecular weight excluding hydrogens is 222 g/mol. The fourth-order valence-corrected chi connectivity index (χ4v) is 2.68. The average Bonchev–Trinajstić information content (AvgIpc) is 2.47. The number of nitriles is 1. The molecule has 3 nitrogen and oxygen atoms in total. The molecule has 2 aromatic rings. The molecule has 0 atom stereocenters. The van der Waals surface area contributed by atoms with Crippen molar-refractivity contribution in [1.82, 2.24) is 9.97 Å². The highest BCUT2D eigenvalue weighted by Crippen LogP contribution is 2.33. The highest BCUT2D eigenvalue weighted by Gasteiger charge is 2.17. The Labute approximate surface area is 106 Å². The second kappa shape index (κ2) is 4.58. The summed E-state index contributed by atoms with van der Waals surface area (Å²) in [6.07, 6.45) is 9.70. The van der Waals surface area contributed by atoms with E-state index in [-0.39, 0.29) is 0 Å². The third kappa shape index (κ3) is 1.76. The van der Waals surface area contributed by atoms with Gasteiger partial charge in [-0.3, -0.25) is 0 Å². The topological polar surface area (TPSA) is 49.6 Å². The van der Waals surface area contributed by atoms with Gasteiger partial charge in [0.05, 0.1) is 11.6 Å². The van der Waals surface area contributed by atoms with Gasteiger partial charge >= 0.3 is 0 Å². The van der Waals surface area contributed by atoms with Crippen LogP contribution in [0.5, 0.6) is 0 Å². The van der Waals surface area contributed by atoms with Gasteiger partial charge in [0.1, 0.15) is 6.33 Å². The van der Waals surface area contributed by atoms with Crippen molar-refractivity contribution in [1.29, 1.82) is 5.26 Å². The molecule has 18 heavy (non-hydrogen) atoms. The predicted molar refractivity (Wildman–Crippen MR) is 68.8 cm³/mol. The van der Waals surface area contributed by atoms with Crippen molar-refractivity contribution >= 4 is 0 Å². The number of benzene rings is 1. The van der Waals surface area contributed by atoms with Crippen LogP contribution in [0.15, 0.2) is 30.9 Å². The number of hydrogen-bond donors (Lipinski definition) is 0. The van der Waals surface area contributed by atoms with Gasteiger partial charge in [-0.25, -0.2) is 9.97 Å². The maximum absolute atomic E-state index is 9.29. The second-order valence-corrected chi connectivity index (χ2v) is 4.57. The molecule has 0 amide bonds. The minimum atomic E-state index is 0.727. The van der Waals surface area contributed by atoms with Crippen molar-refractivity contribution in [3.05, 3.63) is 47.5 Å². The quantitative estimate of drug-likeness (QED) is 0.763. The fraction of sp³-hybridized carbons (Fsp3) is 0.267. The molecule has 3 rings (SSSR count). The molecule has 88 valence electrons. The minimum Gasteiger partial charge on any atom is -0.244 e. The summed E-state index contributed by atoms with van der Waals surface area (Å²) < 4.78 is 0. The number of aromatic nitrogens is 2. The summed E-state index contributed by atoms with van der Waals surface area (Å²) in [6.45, 7) is 0. The monoisotopic (exact) mass is 235 g/mol. The van der Waals surface area contributed by atoms with Crippen LogP contribution >= 0.6 is 0 Å². The van der Waals surface area contributed by atoms with Crippen molar-refractivity contribution in [3.8, 4) is 17.2 Å². The molecule has 0 saturated carbocycles. The largest absolute Gasteiger partial charge is 0.244 e. The number of hydrogen-bond acceptors (Lipinski definition) is 3. The summed E-state index contributed by atoms with van der Waals surface area (Å²) in [7, 11) is 0. The van der Waals surface area contributed by atoms with Gasteiger partial charge in [-0.05, 0) is 42.9 Å². The summed E-state index contributed by atoms with van der Waals surface area (Å²) in [5.41, 5.74) is 5.41. The van der Waals surface area contributed by atoms with Gasteiger partial charge in [0.2, 0.25) is 0 Å². The van der Waals surface area contributed by atoms with Crippen molar-refractivity contribution in [2.24, 2.45) is 0 Å². The van der Waals surface area contributed by atoms with Gasteiger partial charge in [-0.1, -0.05) is 6.07 Å². The molecule has 1 aliphatic rings. The Morgan fingerprint density at radius 1 is 1.06 bits per heavy atom. The highest BCUT2D eigenvalue weighted by atomic mass is 14.8. The van der Waals surface area contributed by atoms with Gasteiger partial charge < -0.3 is 0 Å². The lowest BCUT2D eigenvalue weighted by atomic mass is 9.84. The van der Waals surface area contributed by atoms with Gasteiger partial charge in [0, 0.05) is 23.5 Å². The lowest BCUT2D eigenvalue weighted by Crippen LogP contribution is -2.06.